The number of hydrogen-bond donors (Lipinski definition) is 0. The molecule has 9 heteroatoms. The van der Waals surface area contributed by atoms with Gasteiger partial charge in [0.25, 0.3) is 0 Å². The molecule has 51 heavy (non-hydrogen) atoms. The lowest BCUT2D eigenvalue weighted by Gasteiger charge is -2.49. The molecular weight excluding hydrogens is 700 g/mol. The third-order valence-electron chi connectivity index (χ3n) is 12.1. The lowest BCUT2D eigenvalue weighted by atomic mass is 9.84. The van der Waals surface area contributed by atoms with Gasteiger partial charge in [-0.25, -0.2) is 0 Å². The lowest BCUT2D eigenvalue weighted by molar-refractivity contribution is -0.0879. The largest absolute Gasteiger partial charge is 0.417 e. The van der Waals surface area contributed by atoms with Crippen LogP contribution in [0.15, 0.2) is 84.5 Å². The minimum Gasteiger partial charge on any atom is -0.417 e. The predicted octanol–water partition coefficient (Wildman–Crippen LogP) is 11.5. The second-order valence-electron chi connectivity index (χ2n) is 19.1. The van der Waals surface area contributed by atoms with Gasteiger partial charge in [0.15, 0.2) is 25.0 Å². The maximum absolute atomic E-state index is 15.1. The van der Waals surface area contributed by atoms with E-state index < -0.39 is 32.1 Å². The van der Waals surface area contributed by atoms with E-state index in [1.54, 1.807) is 0 Å². The smallest absolute Gasteiger partial charge is 0.193 e. The van der Waals surface area contributed by atoms with E-state index in [2.05, 4.69) is 108 Å². The van der Waals surface area contributed by atoms with Crippen molar-refractivity contribution in [3.63, 3.8) is 0 Å². The summed E-state index contributed by atoms with van der Waals surface area (Å²) in [6.45, 7) is 40.3. The SMILES string of the molecule is C=C1/C(=C\CP(=O)(c2ccccc2)c2ccccc2)C[C@H](O[Si](C)(C)C(C)(C)C)[C@H](OCCCO[Si](C)(C)C(C)(C)C)[C@H]1O[Si](C)(C)C(C)(C)C. The highest BCUT2D eigenvalue weighted by Crippen LogP contribution is 2.48. The zero-order valence-electron chi connectivity index (χ0n) is 34.8. The van der Waals surface area contributed by atoms with Crippen molar-refractivity contribution in [2.75, 3.05) is 19.4 Å². The van der Waals surface area contributed by atoms with Gasteiger partial charge in [-0.2, -0.15) is 0 Å². The molecule has 0 unspecified atom stereocenters. The molecule has 5 nitrogen and oxygen atoms in total. The molecule has 1 aliphatic carbocycles. The standard InChI is InChI=1S/C42H71O5PSi3/c1-33-34(28-31-48(43,35-24-19-17-20-25-35)36-26-21-18-22-27-36)32-37(46-50(13,14)41(5,6)7)39(38(33)47-51(15,16)42(8,9)10)44-29-23-30-45-49(11,12)40(2,3)4/h17-22,24-28,37-39H,1,23,29-32H2,2-16H3/b34-28-/t37-,38-,39-/m0/s1. The molecule has 0 heterocycles. The van der Waals surface area contributed by atoms with E-state index in [1.165, 1.54) is 0 Å². The summed E-state index contributed by atoms with van der Waals surface area (Å²) in [5, 5.41) is 1.88. The quantitative estimate of drug-likeness (QED) is 0.109. The Morgan fingerprint density at radius 3 is 1.61 bits per heavy atom. The molecule has 0 aliphatic heterocycles. The Bertz CT molecular complexity index is 1470. The summed E-state index contributed by atoms with van der Waals surface area (Å²) >= 11 is 0. The van der Waals surface area contributed by atoms with Crippen molar-refractivity contribution < 1.29 is 22.6 Å². The third kappa shape index (κ3) is 10.9. The van der Waals surface area contributed by atoms with Gasteiger partial charge in [0.1, 0.15) is 13.2 Å². The first-order valence-electron chi connectivity index (χ1n) is 18.9. The van der Waals surface area contributed by atoms with Crippen LogP contribution in [-0.4, -0.2) is 62.6 Å². The van der Waals surface area contributed by atoms with Crippen LogP contribution in [-0.2, 0) is 22.6 Å². The normalized spacial score (nSPS) is 21.0. The molecular formula is C42H71O5PSi3. The van der Waals surface area contributed by atoms with Gasteiger partial charge >= 0.3 is 0 Å². The maximum Gasteiger partial charge on any atom is 0.193 e. The molecule has 2 aromatic rings. The number of rotatable bonds is 14. The van der Waals surface area contributed by atoms with Crippen molar-refractivity contribution in [3.05, 3.63) is 84.5 Å². The fourth-order valence-corrected chi connectivity index (χ4v) is 11.7. The lowest BCUT2D eigenvalue weighted by Crippen LogP contribution is -2.57. The molecule has 0 radical (unpaired) electrons. The van der Waals surface area contributed by atoms with Crippen LogP contribution in [0.1, 0.15) is 75.2 Å². The van der Waals surface area contributed by atoms with Crippen LogP contribution in [0.5, 0.6) is 0 Å². The predicted molar refractivity (Wildman–Crippen MR) is 228 cm³/mol. The third-order valence-corrected chi connectivity index (χ3v) is 28.6. The van der Waals surface area contributed by atoms with Gasteiger partial charge in [-0.05, 0) is 72.0 Å². The van der Waals surface area contributed by atoms with Crippen molar-refractivity contribution in [2.45, 2.75) is 148 Å². The van der Waals surface area contributed by atoms with Crippen LogP contribution in [0.4, 0.5) is 0 Å². The molecule has 0 bridgehead atoms. The summed E-state index contributed by atoms with van der Waals surface area (Å²) in [6, 6.07) is 19.8. The minimum atomic E-state index is -2.98. The fraction of sp³-hybridized carbons (Fsp3) is 0.619. The number of ether oxygens (including phenoxy) is 1. The van der Waals surface area contributed by atoms with Crippen LogP contribution in [0.3, 0.4) is 0 Å². The van der Waals surface area contributed by atoms with Gasteiger partial charge in [-0.15, -0.1) is 0 Å². The second kappa shape index (κ2) is 16.6. The highest BCUT2D eigenvalue weighted by Gasteiger charge is 2.49. The van der Waals surface area contributed by atoms with Crippen molar-refractivity contribution in [1.29, 1.82) is 0 Å². The average molecular weight is 771 g/mol. The van der Waals surface area contributed by atoms with Gasteiger partial charge in [0.05, 0.1) is 12.2 Å². The molecule has 0 amide bonds. The summed E-state index contributed by atoms with van der Waals surface area (Å²) in [4.78, 5) is 0. The second-order valence-corrected chi connectivity index (χ2v) is 36.3. The molecule has 3 atom stereocenters. The summed E-state index contributed by atoms with van der Waals surface area (Å²) in [6.07, 6.45) is 3.08. The van der Waals surface area contributed by atoms with Crippen molar-refractivity contribution in [3.8, 4) is 0 Å². The molecule has 1 fully saturated rings. The monoisotopic (exact) mass is 770 g/mol. The minimum absolute atomic E-state index is 0.0116. The maximum atomic E-state index is 15.1. The van der Waals surface area contributed by atoms with E-state index in [0.29, 0.717) is 25.8 Å². The van der Waals surface area contributed by atoms with Crippen LogP contribution >= 0.6 is 7.14 Å². The molecule has 1 saturated carbocycles. The number of hydrogen-bond acceptors (Lipinski definition) is 5. The fourth-order valence-electron chi connectivity index (χ4n) is 5.50. The van der Waals surface area contributed by atoms with E-state index in [4.69, 9.17) is 24.6 Å². The highest BCUT2D eigenvalue weighted by molar-refractivity contribution is 7.78. The first-order chi connectivity index (χ1) is 23.2. The highest BCUT2D eigenvalue weighted by atomic mass is 31.2. The van der Waals surface area contributed by atoms with Crippen LogP contribution in [0.2, 0.25) is 54.4 Å². The van der Waals surface area contributed by atoms with Gasteiger partial charge in [-0.3, -0.25) is 0 Å². The Morgan fingerprint density at radius 2 is 1.16 bits per heavy atom. The van der Waals surface area contributed by atoms with Crippen molar-refractivity contribution in [1.82, 2.24) is 0 Å². The topological polar surface area (TPSA) is 54.0 Å². The van der Waals surface area contributed by atoms with Gasteiger partial charge in [0, 0.05) is 36.4 Å². The van der Waals surface area contributed by atoms with E-state index in [1.807, 2.05) is 60.7 Å². The molecule has 0 aromatic heterocycles. The molecule has 0 spiro atoms. The summed E-state index contributed by atoms with van der Waals surface area (Å²) in [7, 11) is -9.35. The number of allylic oxidation sites excluding steroid dienone is 1. The van der Waals surface area contributed by atoms with Crippen LogP contribution in [0.25, 0.3) is 0 Å². The number of benzene rings is 2. The van der Waals surface area contributed by atoms with Crippen molar-refractivity contribution >= 4 is 42.7 Å². The molecule has 286 valence electrons. The van der Waals surface area contributed by atoms with E-state index >= 15 is 4.57 Å². The first kappa shape index (κ1) is 44.0. The van der Waals surface area contributed by atoms with Crippen LogP contribution < -0.4 is 10.6 Å². The average Bonchev–Trinajstić information content (AvgIpc) is 3.01. The van der Waals surface area contributed by atoms with Gasteiger partial charge < -0.3 is 22.6 Å². The molecule has 1 aliphatic rings. The van der Waals surface area contributed by atoms with E-state index in [0.717, 1.165) is 28.2 Å². The van der Waals surface area contributed by atoms with E-state index in [-0.39, 0.29) is 33.4 Å². The Labute approximate surface area is 315 Å². The molecule has 0 N–H and O–H groups in total. The first-order valence-corrected chi connectivity index (χ1v) is 29.5. The Balaban J connectivity index is 2.07. The Hall–Kier alpha value is -1.36. The summed E-state index contributed by atoms with van der Waals surface area (Å²) in [5.74, 6) is 0. The zero-order chi connectivity index (χ0) is 38.7. The van der Waals surface area contributed by atoms with Gasteiger partial charge in [-0.1, -0.05) is 136 Å². The summed E-state index contributed by atoms with van der Waals surface area (Å²) < 4.78 is 43.1. The van der Waals surface area contributed by atoms with E-state index in [9.17, 15) is 0 Å². The van der Waals surface area contributed by atoms with Crippen molar-refractivity contribution in [2.24, 2.45) is 0 Å². The Kier molecular flexibility index (Phi) is 14.3. The molecule has 2 aromatic carbocycles. The summed E-state index contributed by atoms with van der Waals surface area (Å²) in [5.41, 5.74) is 1.99. The van der Waals surface area contributed by atoms with Gasteiger partial charge in [0.2, 0.25) is 0 Å². The zero-order valence-corrected chi connectivity index (χ0v) is 38.7. The molecule has 0 saturated heterocycles. The van der Waals surface area contributed by atoms with Crippen LogP contribution in [0, 0.1) is 0 Å². The molecule has 3 rings (SSSR count). The Morgan fingerprint density at radius 1 is 0.706 bits per heavy atom.